The lowest BCUT2D eigenvalue weighted by Crippen LogP contribution is -2.60. The largest absolute Gasteiger partial charge is 0.460 e. The summed E-state index contributed by atoms with van der Waals surface area (Å²) in [5.74, 6) is -20.7. The summed E-state index contributed by atoms with van der Waals surface area (Å²) in [5, 5.41) is 18.5. The van der Waals surface area contributed by atoms with Gasteiger partial charge in [-0.25, -0.2) is 4.79 Å². The zero-order chi connectivity index (χ0) is 22.6. The number of H-pyrrole nitrogens is 1. The number of nitrogens with one attached hydrogen (secondary N) is 1. The summed E-state index contributed by atoms with van der Waals surface area (Å²) < 4.78 is 123. The van der Waals surface area contributed by atoms with Crippen molar-refractivity contribution in [3.8, 4) is 0 Å². The average Bonchev–Trinajstić information content (AvgIpc) is 2.93. The van der Waals surface area contributed by atoms with Gasteiger partial charge in [0.15, 0.2) is 0 Å². The van der Waals surface area contributed by atoms with E-state index in [1.54, 1.807) is 0 Å². The van der Waals surface area contributed by atoms with E-state index in [4.69, 9.17) is 9.84 Å². The summed E-state index contributed by atoms with van der Waals surface area (Å²) in [6.07, 6.45) is -12.6. The molecule has 0 bridgehead atoms. The van der Waals surface area contributed by atoms with Crippen molar-refractivity contribution in [2.24, 2.45) is 0 Å². The van der Waals surface area contributed by atoms with Gasteiger partial charge in [0.2, 0.25) is 0 Å². The van der Waals surface area contributed by atoms with Crippen LogP contribution in [0.15, 0.2) is 15.8 Å². The highest BCUT2D eigenvalue weighted by Crippen LogP contribution is 2.56. The minimum Gasteiger partial charge on any atom is -0.394 e. The van der Waals surface area contributed by atoms with Crippen molar-refractivity contribution < 1.29 is 54.5 Å². The molecule has 1 aromatic heterocycles. The number of aromatic amines is 1. The number of aromatic nitrogens is 2. The number of nitrogens with zero attached hydrogens (tertiary/aromatic N) is 1. The molecule has 3 atom stereocenters. The zero-order valence-corrected chi connectivity index (χ0v) is 13.7. The molecular weight excluding hydrogens is 435 g/mol. The van der Waals surface area contributed by atoms with E-state index in [9.17, 15) is 54.2 Å². The monoisotopic (exact) mass is 446 g/mol. The first-order valence-electron chi connectivity index (χ1n) is 7.49. The van der Waals surface area contributed by atoms with Gasteiger partial charge in [0.1, 0.15) is 17.9 Å². The molecule has 2 heterocycles. The number of ether oxygens (including phenoxy) is 1. The second-order valence-corrected chi connectivity index (χ2v) is 6.05. The molecule has 16 heteroatoms. The predicted octanol–water partition coefficient (Wildman–Crippen LogP) is 1.10. The van der Waals surface area contributed by atoms with Crippen LogP contribution < -0.4 is 11.2 Å². The molecule has 0 aliphatic carbocycles. The van der Waals surface area contributed by atoms with Crippen molar-refractivity contribution in [3.63, 3.8) is 0 Å². The normalized spacial score (nSPS) is 24.2. The van der Waals surface area contributed by atoms with Crippen LogP contribution in [0.1, 0.15) is 18.2 Å². The fourth-order valence-corrected chi connectivity index (χ4v) is 2.52. The zero-order valence-electron chi connectivity index (χ0n) is 13.7. The van der Waals surface area contributed by atoms with E-state index in [1.165, 1.54) is 0 Å². The van der Waals surface area contributed by atoms with Crippen LogP contribution in [0.4, 0.5) is 39.5 Å². The highest BCUT2D eigenvalue weighted by atomic mass is 19.4. The Labute approximate surface area is 153 Å². The lowest BCUT2D eigenvalue weighted by atomic mass is 9.98. The second kappa shape index (κ2) is 7.02. The van der Waals surface area contributed by atoms with Gasteiger partial charge in [-0.2, -0.15) is 39.5 Å². The van der Waals surface area contributed by atoms with Gasteiger partial charge in [0.05, 0.1) is 12.7 Å². The molecular formula is C13H11F9N2O5. The molecule has 0 radical (unpaired) electrons. The van der Waals surface area contributed by atoms with Gasteiger partial charge in [-0.3, -0.25) is 14.3 Å². The molecule has 0 spiro atoms. The maximum atomic E-state index is 14.0. The maximum absolute atomic E-state index is 14.0. The number of rotatable bonds is 5. The first-order valence-corrected chi connectivity index (χ1v) is 7.49. The highest BCUT2D eigenvalue weighted by Gasteiger charge is 2.82. The molecule has 1 fully saturated rings. The van der Waals surface area contributed by atoms with Gasteiger partial charge >= 0.3 is 29.6 Å². The Kier molecular flexibility index (Phi) is 5.61. The van der Waals surface area contributed by atoms with E-state index in [0.717, 1.165) is 4.98 Å². The van der Waals surface area contributed by atoms with E-state index in [2.05, 4.69) is 0 Å². The molecule has 1 saturated heterocycles. The number of hydrogen-bond acceptors (Lipinski definition) is 5. The smallest absolute Gasteiger partial charge is 0.394 e. The topological polar surface area (TPSA) is 105 Å². The van der Waals surface area contributed by atoms with Gasteiger partial charge in [-0.05, 0) is 0 Å². The first-order chi connectivity index (χ1) is 13.0. The summed E-state index contributed by atoms with van der Waals surface area (Å²) >= 11 is 0. The minimum absolute atomic E-state index is 0.00860. The van der Waals surface area contributed by atoms with E-state index in [0.29, 0.717) is 0 Å². The number of halogens is 9. The van der Waals surface area contributed by atoms with Crippen LogP contribution in [0.25, 0.3) is 0 Å². The molecule has 1 aromatic rings. The van der Waals surface area contributed by atoms with Crippen LogP contribution in [-0.4, -0.2) is 56.6 Å². The van der Waals surface area contributed by atoms with Crippen LogP contribution in [0, 0.1) is 0 Å². The number of hydrogen-bond donors (Lipinski definition) is 3. The van der Waals surface area contributed by atoms with Gasteiger partial charge in [-0.1, -0.05) is 0 Å². The lowest BCUT2D eigenvalue weighted by Gasteiger charge is -2.33. The third kappa shape index (κ3) is 3.52. The Balaban J connectivity index is 2.60. The van der Waals surface area contributed by atoms with Crippen molar-refractivity contribution in [1.82, 2.24) is 9.55 Å². The minimum atomic E-state index is -7.24. The van der Waals surface area contributed by atoms with Crippen molar-refractivity contribution in [2.75, 3.05) is 6.61 Å². The quantitative estimate of drug-likeness (QED) is 0.588. The van der Waals surface area contributed by atoms with Crippen LogP contribution >= 0.6 is 0 Å². The van der Waals surface area contributed by atoms with E-state index in [1.807, 2.05) is 0 Å². The molecule has 3 N–H and O–H groups in total. The van der Waals surface area contributed by atoms with Gasteiger partial charge in [0, 0.05) is 12.6 Å². The Morgan fingerprint density at radius 3 is 2.07 bits per heavy atom. The molecule has 7 nitrogen and oxygen atoms in total. The summed E-state index contributed by atoms with van der Waals surface area (Å²) in [4.78, 5) is 24.3. The standard InChI is InChI=1S/C13H11F9N2O5/c14-10(15,11(16,17)12(18,19)13(20,21)22)4-2-24(9(28)23-8(4)27)7-1-5(26)6(3-25)29-7/h2,5-7,25-26H,1,3H2,(H,23,27,28)/t5-,6-,7-/m1/s1. The lowest BCUT2D eigenvalue weighted by molar-refractivity contribution is -0.399. The van der Waals surface area contributed by atoms with Gasteiger partial charge in [0.25, 0.3) is 5.56 Å². The van der Waals surface area contributed by atoms with E-state index >= 15 is 0 Å². The van der Waals surface area contributed by atoms with E-state index < -0.39 is 72.2 Å². The Hall–Kier alpha value is -2.07. The Bertz CT molecular complexity index is 879. The number of aliphatic hydroxyl groups is 2. The Morgan fingerprint density at radius 1 is 1.07 bits per heavy atom. The predicted molar refractivity (Wildman–Crippen MR) is 72.8 cm³/mol. The average molecular weight is 446 g/mol. The van der Waals surface area contributed by atoms with E-state index in [-0.39, 0.29) is 10.8 Å². The third-order valence-corrected chi connectivity index (χ3v) is 4.15. The van der Waals surface area contributed by atoms with Crippen molar-refractivity contribution >= 4 is 0 Å². The summed E-state index contributed by atoms with van der Waals surface area (Å²) in [5.41, 5.74) is -6.49. The summed E-state index contributed by atoms with van der Waals surface area (Å²) in [6, 6.07) is 0. The molecule has 166 valence electrons. The van der Waals surface area contributed by atoms with Crippen molar-refractivity contribution in [2.45, 2.75) is 48.8 Å². The first kappa shape index (κ1) is 23.2. The van der Waals surface area contributed by atoms with Gasteiger partial charge in [-0.15, -0.1) is 0 Å². The van der Waals surface area contributed by atoms with Crippen LogP contribution in [0.5, 0.6) is 0 Å². The van der Waals surface area contributed by atoms with Crippen molar-refractivity contribution in [3.05, 3.63) is 32.6 Å². The molecule has 1 aliphatic rings. The summed E-state index contributed by atoms with van der Waals surface area (Å²) in [6.45, 7) is -0.825. The highest BCUT2D eigenvalue weighted by molar-refractivity contribution is 5.19. The van der Waals surface area contributed by atoms with Crippen LogP contribution in [-0.2, 0) is 10.7 Å². The molecule has 0 aromatic carbocycles. The van der Waals surface area contributed by atoms with Crippen LogP contribution in [0.3, 0.4) is 0 Å². The van der Waals surface area contributed by atoms with Crippen molar-refractivity contribution in [1.29, 1.82) is 0 Å². The van der Waals surface area contributed by atoms with Gasteiger partial charge < -0.3 is 14.9 Å². The fraction of sp³-hybridized carbons (Fsp3) is 0.692. The Morgan fingerprint density at radius 2 is 1.62 bits per heavy atom. The molecule has 29 heavy (non-hydrogen) atoms. The molecule has 0 saturated carbocycles. The SMILES string of the molecule is O=c1[nH]c(=O)n([C@H]2C[C@@H](O)[C@@H](CO)O2)cc1C(F)(F)C(F)(F)C(F)(F)C(F)(F)F. The number of aliphatic hydroxyl groups excluding tert-OH is 2. The second-order valence-electron chi connectivity index (χ2n) is 6.05. The number of alkyl halides is 9. The van der Waals surface area contributed by atoms with Crippen LogP contribution in [0.2, 0.25) is 0 Å². The third-order valence-electron chi connectivity index (χ3n) is 4.15. The maximum Gasteiger partial charge on any atom is 0.460 e. The molecule has 1 aliphatic heterocycles. The summed E-state index contributed by atoms with van der Waals surface area (Å²) in [7, 11) is 0. The fourth-order valence-electron chi connectivity index (χ4n) is 2.52. The molecule has 0 unspecified atom stereocenters. The molecule has 2 rings (SSSR count). The molecule has 0 amide bonds.